The second-order valence-corrected chi connectivity index (χ2v) is 5.64. The summed E-state index contributed by atoms with van der Waals surface area (Å²) in [6.45, 7) is 0.818. The van der Waals surface area contributed by atoms with E-state index in [0.29, 0.717) is 17.8 Å². The third kappa shape index (κ3) is 2.17. The Morgan fingerprint density at radius 1 is 1.25 bits per heavy atom. The van der Waals surface area contributed by atoms with Gasteiger partial charge in [0.15, 0.2) is 0 Å². The lowest BCUT2D eigenvalue weighted by Gasteiger charge is -2.29. The second-order valence-electron chi connectivity index (χ2n) is 5.64. The standard InChI is InChI=1S/C13H19N5O2/c14-12-11(18(19)20)13(16-8-15-12)17-7-3-6-10(17)9-4-1-2-5-9/h8-10H,1-7H2,(H2,14,15,16). The largest absolute Gasteiger partial charge is 0.378 e. The van der Waals surface area contributed by atoms with Gasteiger partial charge in [0.2, 0.25) is 11.6 Å². The van der Waals surface area contributed by atoms with Crippen molar-refractivity contribution in [2.45, 2.75) is 44.6 Å². The van der Waals surface area contributed by atoms with Crippen LogP contribution in [-0.4, -0.2) is 27.5 Å². The van der Waals surface area contributed by atoms with Crippen molar-refractivity contribution in [2.75, 3.05) is 17.2 Å². The molecule has 1 saturated carbocycles. The molecule has 1 aromatic rings. The average Bonchev–Trinajstić information content (AvgIpc) is 3.08. The molecule has 0 amide bonds. The van der Waals surface area contributed by atoms with Crippen LogP contribution in [0.5, 0.6) is 0 Å². The number of rotatable bonds is 3. The molecule has 108 valence electrons. The highest BCUT2D eigenvalue weighted by molar-refractivity contribution is 5.69. The first-order chi connectivity index (χ1) is 9.68. The number of anilines is 2. The van der Waals surface area contributed by atoms with Crippen LogP contribution in [0.25, 0.3) is 0 Å². The number of hydrogen-bond acceptors (Lipinski definition) is 6. The highest BCUT2D eigenvalue weighted by Gasteiger charge is 2.37. The first kappa shape index (κ1) is 13.1. The molecule has 0 radical (unpaired) electrons. The minimum absolute atomic E-state index is 0.0444. The van der Waals surface area contributed by atoms with E-state index in [1.54, 1.807) is 0 Å². The van der Waals surface area contributed by atoms with Gasteiger partial charge in [0, 0.05) is 12.6 Å². The van der Waals surface area contributed by atoms with Gasteiger partial charge in [-0.15, -0.1) is 0 Å². The number of nitrogen functional groups attached to an aromatic ring is 1. The summed E-state index contributed by atoms with van der Waals surface area (Å²) in [6, 6.07) is 0.366. The lowest BCUT2D eigenvalue weighted by molar-refractivity contribution is -0.383. The average molecular weight is 277 g/mol. The summed E-state index contributed by atoms with van der Waals surface area (Å²) >= 11 is 0. The van der Waals surface area contributed by atoms with Gasteiger partial charge >= 0.3 is 5.69 Å². The molecule has 1 aromatic heterocycles. The van der Waals surface area contributed by atoms with Gasteiger partial charge in [-0.25, -0.2) is 9.97 Å². The summed E-state index contributed by atoms with van der Waals surface area (Å²) in [6.07, 6.45) is 8.44. The van der Waals surface area contributed by atoms with E-state index in [1.807, 2.05) is 0 Å². The molecule has 0 spiro atoms. The number of nitrogens with zero attached hydrogens (tertiary/aromatic N) is 4. The van der Waals surface area contributed by atoms with Gasteiger partial charge in [0.25, 0.3) is 0 Å². The Labute approximate surface area is 117 Å². The summed E-state index contributed by atoms with van der Waals surface area (Å²) in [7, 11) is 0. The van der Waals surface area contributed by atoms with Crippen LogP contribution in [-0.2, 0) is 0 Å². The van der Waals surface area contributed by atoms with Crippen molar-refractivity contribution >= 4 is 17.3 Å². The smallest absolute Gasteiger partial charge is 0.353 e. The molecule has 2 N–H and O–H groups in total. The van der Waals surface area contributed by atoms with Gasteiger partial charge in [-0.05, 0) is 31.6 Å². The molecule has 7 nitrogen and oxygen atoms in total. The van der Waals surface area contributed by atoms with E-state index in [9.17, 15) is 10.1 Å². The summed E-state index contributed by atoms with van der Waals surface area (Å²) < 4.78 is 0. The predicted octanol–water partition coefficient (Wildman–Crippen LogP) is 2.13. The minimum Gasteiger partial charge on any atom is -0.378 e. The Morgan fingerprint density at radius 3 is 2.70 bits per heavy atom. The van der Waals surface area contributed by atoms with Crippen molar-refractivity contribution < 1.29 is 4.92 Å². The number of aromatic nitrogens is 2. The van der Waals surface area contributed by atoms with E-state index in [0.717, 1.165) is 19.4 Å². The van der Waals surface area contributed by atoms with Gasteiger partial charge in [-0.3, -0.25) is 10.1 Å². The normalized spacial score (nSPS) is 23.4. The van der Waals surface area contributed by atoms with E-state index in [4.69, 9.17) is 5.73 Å². The third-order valence-electron chi connectivity index (χ3n) is 4.53. The highest BCUT2D eigenvalue weighted by atomic mass is 16.6. The Bertz CT molecular complexity index is 515. The molecule has 0 bridgehead atoms. The zero-order valence-corrected chi connectivity index (χ0v) is 11.4. The summed E-state index contributed by atoms with van der Waals surface area (Å²) in [5.74, 6) is 0.988. The predicted molar refractivity (Wildman–Crippen MR) is 75.4 cm³/mol. The van der Waals surface area contributed by atoms with Crippen molar-refractivity contribution in [3.63, 3.8) is 0 Å². The molecule has 1 unspecified atom stereocenters. The summed E-state index contributed by atoms with van der Waals surface area (Å²) in [5, 5.41) is 11.2. The van der Waals surface area contributed by atoms with Crippen LogP contribution in [0.15, 0.2) is 6.33 Å². The van der Waals surface area contributed by atoms with Gasteiger partial charge in [0.05, 0.1) is 4.92 Å². The second kappa shape index (κ2) is 5.22. The fourth-order valence-electron chi connectivity index (χ4n) is 3.66. The molecule has 3 rings (SSSR count). The number of nitrogens with two attached hydrogens (primary N) is 1. The van der Waals surface area contributed by atoms with Gasteiger partial charge < -0.3 is 10.6 Å². The van der Waals surface area contributed by atoms with Crippen LogP contribution in [0.3, 0.4) is 0 Å². The maximum Gasteiger partial charge on any atom is 0.353 e. The maximum atomic E-state index is 11.2. The fourth-order valence-corrected chi connectivity index (χ4v) is 3.66. The molecular weight excluding hydrogens is 258 g/mol. The molecule has 0 aromatic carbocycles. The lowest BCUT2D eigenvalue weighted by atomic mass is 9.96. The first-order valence-corrected chi connectivity index (χ1v) is 7.20. The van der Waals surface area contributed by atoms with E-state index < -0.39 is 4.92 Å². The number of nitro groups is 1. The Balaban J connectivity index is 1.95. The monoisotopic (exact) mass is 277 g/mol. The molecular formula is C13H19N5O2. The summed E-state index contributed by atoms with van der Waals surface area (Å²) in [4.78, 5) is 20.8. The van der Waals surface area contributed by atoms with Crippen molar-refractivity contribution in [3.05, 3.63) is 16.4 Å². The molecule has 2 fully saturated rings. The molecule has 2 aliphatic rings. The summed E-state index contributed by atoms with van der Waals surface area (Å²) in [5.41, 5.74) is 5.53. The van der Waals surface area contributed by atoms with Crippen LogP contribution in [0.2, 0.25) is 0 Å². The Kier molecular flexibility index (Phi) is 3.42. The van der Waals surface area contributed by atoms with E-state index >= 15 is 0 Å². The molecule has 1 aliphatic heterocycles. The molecule has 2 heterocycles. The maximum absolute atomic E-state index is 11.2. The minimum atomic E-state index is -0.464. The molecule has 20 heavy (non-hydrogen) atoms. The van der Waals surface area contributed by atoms with Crippen LogP contribution in [0.1, 0.15) is 38.5 Å². The van der Waals surface area contributed by atoms with Gasteiger partial charge in [-0.1, -0.05) is 12.8 Å². The number of hydrogen-bond donors (Lipinski definition) is 1. The molecule has 1 saturated heterocycles. The van der Waals surface area contributed by atoms with E-state index in [-0.39, 0.29) is 11.5 Å². The molecule has 1 atom stereocenters. The topological polar surface area (TPSA) is 98.2 Å². The molecule has 1 aliphatic carbocycles. The van der Waals surface area contributed by atoms with Crippen molar-refractivity contribution in [3.8, 4) is 0 Å². The lowest BCUT2D eigenvalue weighted by Crippen LogP contribution is -2.35. The van der Waals surface area contributed by atoms with E-state index in [1.165, 1.54) is 32.0 Å². The van der Waals surface area contributed by atoms with Crippen molar-refractivity contribution in [1.29, 1.82) is 0 Å². The first-order valence-electron chi connectivity index (χ1n) is 7.20. The third-order valence-corrected chi connectivity index (χ3v) is 4.53. The van der Waals surface area contributed by atoms with Crippen LogP contribution in [0.4, 0.5) is 17.3 Å². The zero-order chi connectivity index (χ0) is 14.1. The van der Waals surface area contributed by atoms with Crippen LogP contribution in [0, 0.1) is 16.0 Å². The van der Waals surface area contributed by atoms with Gasteiger partial charge in [-0.2, -0.15) is 0 Å². The zero-order valence-electron chi connectivity index (χ0n) is 11.4. The Hall–Kier alpha value is -1.92. The quantitative estimate of drug-likeness (QED) is 0.671. The van der Waals surface area contributed by atoms with Crippen LogP contribution < -0.4 is 10.6 Å². The van der Waals surface area contributed by atoms with Crippen LogP contribution >= 0.6 is 0 Å². The fraction of sp³-hybridized carbons (Fsp3) is 0.692. The van der Waals surface area contributed by atoms with Gasteiger partial charge in [0.1, 0.15) is 6.33 Å². The van der Waals surface area contributed by atoms with Crippen molar-refractivity contribution in [1.82, 2.24) is 9.97 Å². The Morgan fingerprint density at radius 2 is 2.00 bits per heavy atom. The highest BCUT2D eigenvalue weighted by Crippen LogP contribution is 2.40. The SMILES string of the molecule is Nc1ncnc(N2CCCC2C2CCCC2)c1[N+](=O)[O-]. The van der Waals surface area contributed by atoms with E-state index in [2.05, 4.69) is 14.9 Å². The molecule has 7 heteroatoms. The van der Waals surface area contributed by atoms with Crippen molar-refractivity contribution in [2.24, 2.45) is 5.92 Å².